The first-order valence-electron chi connectivity index (χ1n) is 18.1. The number of fused-ring (bicyclic) bond motifs is 4. The Balaban J connectivity index is 1.14. The van der Waals surface area contributed by atoms with Gasteiger partial charge in [0.15, 0.2) is 0 Å². The minimum absolute atomic E-state index is 1.09. The number of hydrogen-bond donors (Lipinski definition) is 0. The van der Waals surface area contributed by atoms with E-state index in [0.717, 1.165) is 17.1 Å². The Bertz CT molecular complexity index is 2760. The molecular formula is C52H37N. The van der Waals surface area contributed by atoms with Crippen LogP contribution in [-0.2, 0) is 0 Å². The quantitative estimate of drug-likeness (QED) is 0.114. The van der Waals surface area contributed by atoms with Crippen molar-refractivity contribution in [2.75, 3.05) is 4.90 Å². The van der Waals surface area contributed by atoms with Gasteiger partial charge in [-0.3, -0.25) is 0 Å². The van der Waals surface area contributed by atoms with Crippen molar-refractivity contribution in [3.8, 4) is 33.4 Å². The summed E-state index contributed by atoms with van der Waals surface area (Å²) in [5, 5.41) is 7.52. The van der Waals surface area contributed by atoms with Crippen molar-refractivity contribution in [2.45, 2.75) is 0 Å². The lowest BCUT2D eigenvalue weighted by atomic mass is 9.93. The summed E-state index contributed by atoms with van der Waals surface area (Å²) in [6, 6.07) is 70.3. The van der Waals surface area contributed by atoms with E-state index in [1.165, 1.54) is 71.3 Å². The third-order valence-electron chi connectivity index (χ3n) is 10.2. The van der Waals surface area contributed by atoms with Crippen LogP contribution in [0.15, 0.2) is 213 Å². The van der Waals surface area contributed by atoms with Gasteiger partial charge in [0.2, 0.25) is 0 Å². The number of anilines is 3. The maximum atomic E-state index is 3.91. The molecule has 0 unspecified atom stereocenters. The van der Waals surface area contributed by atoms with Crippen LogP contribution < -0.4 is 4.90 Å². The fraction of sp³-hybridized carbons (Fsp3) is 0. The maximum Gasteiger partial charge on any atom is 0.0462 e. The van der Waals surface area contributed by atoms with Gasteiger partial charge in [-0.05, 0) is 126 Å². The molecule has 9 rings (SSSR count). The molecular weight excluding hydrogens is 639 g/mol. The van der Waals surface area contributed by atoms with E-state index in [9.17, 15) is 0 Å². The zero-order chi connectivity index (χ0) is 35.6. The monoisotopic (exact) mass is 675 g/mol. The number of allylic oxidation sites excluding steroid dienone is 2. The van der Waals surface area contributed by atoms with Gasteiger partial charge < -0.3 is 4.90 Å². The van der Waals surface area contributed by atoms with Crippen molar-refractivity contribution < 1.29 is 0 Å². The number of nitrogens with zero attached hydrogens (tertiary/aromatic N) is 1. The molecule has 0 amide bonds. The third kappa shape index (κ3) is 6.20. The molecule has 0 radical (unpaired) electrons. The first-order chi connectivity index (χ1) is 26.2. The lowest BCUT2D eigenvalue weighted by molar-refractivity contribution is 1.28. The minimum atomic E-state index is 1.09. The second-order valence-corrected chi connectivity index (χ2v) is 13.4. The van der Waals surface area contributed by atoms with Crippen molar-refractivity contribution in [1.29, 1.82) is 0 Å². The second kappa shape index (κ2) is 14.0. The summed E-state index contributed by atoms with van der Waals surface area (Å²) in [4.78, 5) is 2.35. The average Bonchev–Trinajstić information content (AvgIpc) is 3.23. The van der Waals surface area contributed by atoms with Crippen molar-refractivity contribution >= 4 is 55.5 Å². The highest BCUT2D eigenvalue weighted by molar-refractivity contribution is 6.13. The van der Waals surface area contributed by atoms with Crippen molar-refractivity contribution in [3.63, 3.8) is 0 Å². The highest BCUT2D eigenvalue weighted by Gasteiger charge is 2.16. The van der Waals surface area contributed by atoms with Gasteiger partial charge in [0.1, 0.15) is 0 Å². The van der Waals surface area contributed by atoms with Crippen LogP contribution in [0.25, 0.3) is 71.8 Å². The van der Waals surface area contributed by atoms with Gasteiger partial charge in [0.05, 0.1) is 0 Å². The summed E-state index contributed by atoms with van der Waals surface area (Å²) in [6.07, 6.45) is 5.98. The normalized spacial score (nSPS) is 11.4. The van der Waals surface area contributed by atoms with Gasteiger partial charge >= 0.3 is 0 Å². The minimum Gasteiger partial charge on any atom is -0.311 e. The molecule has 0 bridgehead atoms. The smallest absolute Gasteiger partial charge is 0.0462 e. The molecule has 250 valence electrons. The van der Waals surface area contributed by atoms with Gasteiger partial charge in [-0.1, -0.05) is 164 Å². The summed E-state index contributed by atoms with van der Waals surface area (Å²) in [6.45, 7) is 3.91. The molecule has 0 aliphatic carbocycles. The van der Waals surface area contributed by atoms with Crippen molar-refractivity contribution in [1.82, 2.24) is 0 Å². The SMILES string of the molecule is C=C/C=C\c1cc2ccccc2cc1-c1ccc(N(c2ccc(-c3ccccc3)cc2)c2ccc(-c3cc4ccccc4c4ccccc34)cc2)cc1. The number of rotatable bonds is 8. The summed E-state index contributed by atoms with van der Waals surface area (Å²) in [7, 11) is 0. The zero-order valence-electron chi connectivity index (χ0n) is 29.4. The van der Waals surface area contributed by atoms with Crippen LogP contribution in [0.5, 0.6) is 0 Å². The highest BCUT2D eigenvalue weighted by atomic mass is 15.1. The zero-order valence-corrected chi connectivity index (χ0v) is 29.4. The number of benzene rings is 9. The van der Waals surface area contributed by atoms with Crippen LogP contribution >= 0.6 is 0 Å². The van der Waals surface area contributed by atoms with Crippen LogP contribution in [0.3, 0.4) is 0 Å². The largest absolute Gasteiger partial charge is 0.311 e. The summed E-state index contributed by atoms with van der Waals surface area (Å²) in [5.74, 6) is 0. The molecule has 0 saturated heterocycles. The van der Waals surface area contributed by atoms with Crippen LogP contribution in [0.1, 0.15) is 5.56 Å². The fourth-order valence-electron chi connectivity index (χ4n) is 7.57. The molecule has 0 fully saturated rings. The van der Waals surface area contributed by atoms with Crippen molar-refractivity contribution in [3.05, 3.63) is 218 Å². The Labute approximate surface area is 311 Å². The van der Waals surface area contributed by atoms with Gasteiger partial charge in [-0.15, -0.1) is 0 Å². The molecule has 9 aromatic rings. The molecule has 9 aromatic carbocycles. The highest BCUT2D eigenvalue weighted by Crippen LogP contribution is 2.40. The number of hydrogen-bond acceptors (Lipinski definition) is 1. The van der Waals surface area contributed by atoms with Crippen LogP contribution in [0.4, 0.5) is 17.1 Å². The predicted molar refractivity (Wildman–Crippen MR) is 229 cm³/mol. The van der Waals surface area contributed by atoms with Gasteiger partial charge in [0.25, 0.3) is 0 Å². The summed E-state index contributed by atoms with van der Waals surface area (Å²) < 4.78 is 0. The van der Waals surface area contributed by atoms with E-state index in [1.54, 1.807) is 0 Å². The lowest BCUT2D eigenvalue weighted by Gasteiger charge is -2.26. The molecule has 0 aromatic heterocycles. The van der Waals surface area contributed by atoms with E-state index in [4.69, 9.17) is 0 Å². The second-order valence-electron chi connectivity index (χ2n) is 13.4. The van der Waals surface area contributed by atoms with Crippen LogP contribution in [0.2, 0.25) is 0 Å². The van der Waals surface area contributed by atoms with Gasteiger partial charge in [-0.2, -0.15) is 0 Å². The third-order valence-corrected chi connectivity index (χ3v) is 10.2. The van der Waals surface area contributed by atoms with E-state index in [0.29, 0.717) is 0 Å². The molecule has 0 heterocycles. The molecule has 53 heavy (non-hydrogen) atoms. The molecule has 1 heteroatoms. The molecule has 0 atom stereocenters. The average molecular weight is 676 g/mol. The standard InChI is InChI=1S/C52H37N/c1-2-3-13-43-34-41-16-7-8-17-42(41)35-51(43)39-24-30-46(31-25-39)53(45-28-22-38(23-29-45)37-14-5-4-6-15-37)47-32-26-40(27-33-47)52-36-44-18-9-10-19-48(44)49-20-11-12-21-50(49)52/h2-36H,1H2/b13-3-. The molecule has 0 aliphatic rings. The van der Waals surface area contributed by atoms with Crippen LogP contribution in [0, 0.1) is 0 Å². The summed E-state index contributed by atoms with van der Waals surface area (Å²) in [5.41, 5.74) is 11.7. The molecule has 0 spiro atoms. The molecule has 0 N–H and O–H groups in total. The van der Waals surface area contributed by atoms with E-state index in [2.05, 4.69) is 212 Å². The van der Waals surface area contributed by atoms with Crippen molar-refractivity contribution in [2.24, 2.45) is 0 Å². The van der Waals surface area contributed by atoms with E-state index in [-0.39, 0.29) is 0 Å². The Kier molecular flexibility index (Phi) is 8.44. The maximum absolute atomic E-state index is 3.91. The predicted octanol–water partition coefficient (Wildman–Crippen LogP) is 14.8. The Morgan fingerprint density at radius 2 is 0.811 bits per heavy atom. The summed E-state index contributed by atoms with van der Waals surface area (Å²) >= 11 is 0. The Morgan fingerprint density at radius 3 is 1.43 bits per heavy atom. The molecule has 0 saturated carbocycles. The van der Waals surface area contributed by atoms with E-state index >= 15 is 0 Å². The topological polar surface area (TPSA) is 3.24 Å². The first kappa shape index (κ1) is 32.0. The fourth-order valence-corrected chi connectivity index (χ4v) is 7.57. The van der Waals surface area contributed by atoms with Gasteiger partial charge in [-0.25, -0.2) is 0 Å². The Morgan fingerprint density at radius 1 is 0.358 bits per heavy atom. The van der Waals surface area contributed by atoms with E-state index < -0.39 is 0 Å². The molecule has 1 nitrogen and oxygen atoms in total. The van der Waals surface area contributed by atoms with Crippen LogP contribution in [-0.4, -0.2) is 0 Å². The van der Waals surface area contributed by atoms with Gasteiger partial charge in [0, 0.05) is 17.1 Å². The van der Waals surface area contributed by atoms with E-state index in [1.807, 2.05) is 12.2 Å². The first-order valence-corrected chi connectivity index (χ1v) is 18.1. The lowest BCUT2D eigenvalue weighted by Crippen LogP contribution is -2.09. The molecule has 0 aliphatic heterocycles. The Hall–Kier alpha value is -6.96.